The summed E-state index contributed by atoms with van der Waals surface area (Å²) in [6.45, 7) is -0.428. The van der Waals surface area contributed by atoms with Crippen LogP contribution in [0, 0.1) is 5.92 Å². The minimum Gasteiger partial charge on any atom is -0.447 e. The van der Waals surface area contributed by atoms with Crippen molar-refractivity contribution in [3.05, 3.63) is 108 Å². The highest BCUT2D eigenvalue weighted by atomic mass is 19.4. The number of alkyl carbamates (subject to hydrolysis) is 1. The van der Waals surface area contributed by atoms with Crippen LogP contribution in [0.5, 0.6) is 0 Å². The minimum atomic E-state index is -5.12. The van der Waals surface area contributed by atoms with E-state index in [2.05, 4.69) is 5.32 Å². The molecule has 0 unspecified atom stereocenters. The molecular weight excluding hydrogens is 501 g/mol. The van der Waals surface area contributed by atoms with Crippen molar-refractivity contribution >= 4 is 18.1 Å². The van der Waals surface area contributed by atoms with Gasteiger partial charge in [0, 0.05) is 0 Å². The predicted molar refractivity (Wildman–Crippen MR) is 131 cm³/mol. The van der Waals surface area contributed by atoms with Crippen molar-refractivity contribution in [1.29, 1.82) is 0 Å². The number of hydrogen-bond acceptors (Lipinski definition) is 5. The summed E-state index contributed by atoms with van der Waals surface area (Å²) < 4.78 is 53.8. The Bertz CT molecular complexity index is 1240. The molecule has 3 aromatic carbocycles. The van der Waals surface area contributed by atoms with Gasteiger partial charge in [-0.15, -0.1) is 0 Å². The molecule has 0 radical (unpaired) electrons. The minimum absolute atomic E-state index is 0.0204. The van der Waals surface area contributed by atoms with Crippen LogP contribution < -0.4 is 5.32 Å². The summed E-state index contributed by atoms with van der Waals surface area (Å²) in [6, 6.07) is 21.8. The lowest BCUT2D eigenvalue weighted by Crippen LogP contribution is -2.52. The molecule has 1 heterocycles. The molecule has 4 rings (SSSR count). The van der Waals surface area contributed by atoms with E-state index >= 15 is 0 Å². The number of nitrogens with zero attached hydrogens (tertiary/aromatic N) is 1. The van der Waals surface area contributed by atoms with E-state index < -0.39 is 42.3 Å². The molecule has 198 valence electrons. The summed E-state index contributed by atoms with van der Waals surface area (Å²) in [5, 5.41) is 2.21. The Labute approximate surface area is 217 Å². The Balaban J connectivity index is 1.61. The van der Waals surface area contributed by atoms with Gasteiger partial charge in [-0.25, -0.2) is 14.5 Å². The van der Waals surface area contributed by atoms with Crippen LogP contribution in [0.15, 0.2) is 91.0 Å². The molecule has 1 fully saturated rings. The second-order valence-corrected chi connectivity index (χ2v) is 8.74. The number of carbonyl (C=O) groups excluding carboxylic acids is 3. The van der Waals surface area contributed by atoms with E-state index in [1.54, 1.807) is 66.7 Å². The lowest BCUT2D eigenvalue weighted by atomic mass is 9.90. The molecule has 0 aliphatic carbocycles. The van der Waals surface area contributed by atoms with Gasteiger partial charge < -0.3 is 14.8 Å². The fourth-order valence-corrected chi connectivity index (χ4v) is 4.30. The van der Waals surface area contributed by atoms with Gasteiger partial charge in [0.15, 0.2) is 5.92 Å². The SMILES string of the molecule is O=C(N[C@H](c1ccccc1)[C@H](C(=O)N1C(=O)OC[C@@H]1Cc1ccccc1)C(F)(F)F)OCc1ccccc1. The molecule has 3 atom stereocenters. The predicted octanol–water partition coefficient (Wildman–Crippen LogP) is 5.42. The maximum absolute atomic E-state index is 14.6. The van der Waals surface area contributed by atoms with Crippen LogP contribution in [0.1, 0.15) is 22.7 Å². The average molecular weight is 527 g/mol. The molecular formula is C28H25F3N2O5. The summed E-state index contributed by atoms with van der Waals surface area (Å²) >= 11 is 0. The highest BCUT2D eigenvalue weighted by Crippen LogP contribution is 2.39. The first kappa shape index (κ1) is 26.7. The second kappa shape index (κ2) is 11.8. The van der Waals surface area contributed by atoms with Gasteiger partial charge in [0.2, 0.25) is 5.91 Å². The Kier molecular flexibility index (Phi) is 8.30. The number of hydrogen-bond donors (Lipinski definition) is 1. The molecule has 1 aliphatic heterocycles. The molecule has 1 aliphatic rings. The van der Waals surface area contributed by atoms with Crippen molar-refractivity contribution in [3.8, 4) is 0 Å². The summed E-state index contributed by atoms with van der Waals surface area (Å²) in [6.07, 6.45) is -7.31. The number of amides is 3. The quantitative estimate of drug-likeness (QED) is 0.424. The van der Waals surface area contributed by atoms with Crippen molar-refractivity contribution in [2.45, 2.75) is 31.3 Å². The van der Waals surface area contributed by atoms with Gasteiger partial charge >= 0.3 is 18.4 Å². The number of nitrogens with one attached hydrogen (secondary N) is 1. The molecule has 38 heavy (non-hydrogen) atoms. The first-order valence-electron chi connectivity index (χ1n) is 11.9. The van der Waals surface area contributed by atoms with Gasteiger partial charge in [-0.3, -0.25) is 4.79 Å². The van der Waals surface area contributed by atoms with Gasteiger partial charge in [-0.05, 0) is 23.1 Å². The zero-order valence-corrected chi connectivity index (χ0v) is 20.1. The van der Waals surface area contributed by atoms with Crippen LogP contribution in [0.25, 0.3) is 0 Å². The average Bonchev–Trinajstić information content (AvgIpc) is 3.27. The summed E-state index contributed by atoms with van der Waals surface area (Å²) in [5.74, 6) is -4.30. The largest absolute Gasteiger partial charge is 0.447 e. The third-order valence-electron chi connectivity index (χ3n) is 6.11. The molecule has 3 aromatic rings. The number of rotatable bonds is 8. The van der Waals surface area contributed by atoms with Gasteiger partial charge in [0.1, 0.15) is 13.2 Å². The Morgan fingerprint density at radius 3 is 2.05 bits per heavy atom. The Hall–Kier alpha value is -4.34. The lowest BCUT2D eigenvalue weighted by Gasteiger charge is -2.32. The second-order valence-electron chi connectivity index (χ2n) is 8.74. The van der Waals surface area contributed by atoms with Crippen LogP contribution in [0.2, 0.25) is 0 Å². The van der Waals surface area contributed by atoms with Crippen LogP contribution >= 0.6 is 0 Å². The summed E-state index contributed by atoms with van der Waals surface area (Å²) in [4.78, 5) is 39.1. The van der Waals surface area contributed by atoms with Crippen LogP contribution in [0.3, 0.4) is 0 Å². The maximum Gasteiger partial charge on any atom is 0.417 e. The van der Waals surface area contributed by atoms with Crippen molar-refractivity contribution in [3.63, 3.8) is 0 Å². The number of carbonyl (C=O) groups is 3. The number of benzene rings is 3. The van der Waals surface area contributed by atoms with Crippen molar-refractivity contribution in [2.75, 3.05) is 6.61 Å². The van der Waals surface area contributed by atoms with E-state index in [-0.39, 0.29) is 25.2 Å². The number of alkyl halides is 3. The monoisotopic (exact) mass is 526 g/mol. The van der Waals surface area contributed by atoms with E-state index in [1.807, 2.05) is 0 Å². The summed E-state index contributed by atoms with van der Waals surface area (Å²) in [7, 11) is 0. The van der Waals surface area contributed by atoms with E-state index in [9.17, 15) is 27.6 Å². The van der Waals surface area contributed by atoms with Gasteiger partial charge in [0.05, 0.1) is 12.1 Å². The van der Waals surface area contributed by atoms with E-state index in [0.717, 1.165) is 5.56 Å². The third kappa shape index (κ3) is 6.50. The van der Waals surface area contributed by atoms with Crippen LogP contribution in [-0.2, 0) is 27.3 Å². The molecule has 1 saturated heterocycles. The molecule has 10 heteroatoms. The number of imide groups is 1. The topological polar surface area (TPSA) is 84.9 Å². The van der Waals surface area contributed by atoms with Gasteiger partial charge in [-0.1, -0.05) is 91.0 Å². The molecule has 7 nitrogen and oxygen atoms in total. The molecule has 0 saturated carbocycles. The van der Waals surface area contributed by atoms with Crippen molar-refractivity contribution in [1.82, 2.24) is 10.2 Å². The van der Waals surface area contributed by atoms with Gasteiger partial charge in [0.25, 0.3) is 0 Å². The fraction of sp³-hybridized carbons (Fsp3) is 0.250. The normalized spacial score (nSPS) is 16.9. The molecule has 3 amide bonds. The lowest BCUT2D eigenvalue weighted by molar-refractivity contribution is -0.193. The van der Waals surface area contributed by atoms with E-state index in [4.69, 9.17) is 9.47 Å². The smallest absolute Gasteiger partial charge is 0.417 e. The molecule has 0 aromatic heterocycles. The van der Waals surface area contributed by atoms with Gasteiger partial charge in [-0.2, -0.15) is 13.2 Å². The maximum atomic E-state index is 14.6. The fourth-order valence-electron chi connectivity index (χ4n) is 4.30. The molecule has 0 spiro atoms. The van der Waals surface area contributed by atoms with Crippen LogP contribution in [-0.4, -0.2) is 41.8 Å². The van der Waals surface area contributed by atoms with Crippen LogP contribution in [0.4, 0.5) is 22.8 Å². The van der Waals surface area contributed by atoms with E-state index in [1.165, 1.54) is 24.3 Å². The number of cyclic esters (lactones) is 1. The van der Waals surface area contributed by atoms with E-state index in [0.29, 0.717) is 10.5 Å². The zero-order chi connectivity index (χ0) is 27.1. The third-order valence-corrected chi connectivity index (χ3v) is 6.11. The highest BCUT2D eigenvalue weighted by Gasteiger charge is 2.55. The highest BCUT2D eigenvalue weighted by molar-refractivity contribution is 5.96. The summed E-state index contributed by atoms with van der Waals surface area (Å²) in [5.41, 5.74) is 1.37. The molecule has 0 bridgehead atoms. The Morgan fingerprint density at radius 2 is 1.47 bits per heavy atom. The zero-order valence-electron chi connectivity index (χ0n) is 20.1. The number of halogens is 3. The Morgan fingerprint density at radius 1 is 0.921 bits per heavy atom. The number of ether oxygens (including phenoxy) is 2. The standard InChI is InChI=1S/C28H25F3N2O5/c29-28(30,31)23(25(34)33-22(18-38-27(33)36)16-19-10-4-1-5-11-19)24(21-14-8-3-9-15-21)32-26(35)37-17-20-12-6-2-7-13-20/h1-15,22-24H,16-18H2,(H,32,35)/t22-,23+,24+/m0/s1. The van der Waals surface area contributed by atoms with Crippen molar-refractivity contribution in [2.24, 2.45) is 5.92 Å². The molecule has 1 N–H and O–H groups in total. The van der Waals surface area contributed by atoms with Crippen molar-refractivity contribution < 1.29 is 37.0 Å². The first-order chi connectivity index (χ1) is 18.2. The first-order valence-corrected chi connectivity index (χ1v) is 11.9.